The van der Waals surface area contributed by atoms with Crippen LogP contribution in [0.3, 0.4) is 0 Å². The molecule has 7 N–H and O–H groups in total. The number of imidazole rings is 1. The number of hydrogen-bond acceptors (Lipinski definition) is 7. The first kappa shape index (κ1) is 27.2. The summed E-state index contributed by atoms with van der Waals surface area (Å²) in [5, 5.41) is 15.5. The quantitative estimate of drug-likeness (QED) is 0.166. The van der Waals surface area contributed by atoms with Gasteiger partial charge in [0.15, 0.2) is 0 Å². The molecule has 1 saturated heterocycles. The minimum Gasteiger partial charge on any atom is -0.480 e. The molecular formula is C25H31N7O5S. The summed E-state index contributed by atoms with van der Waals surface area (Å²) in [6.45, 7) is 0.369. The molecule has 4 rings (SSSR count). The molecule has 1 aliphatic rings. The zero-order valence-corrected chi connectivity index (χ0v) is 21.5. The van der Waals surface area contributed by atoms with E-state index in [0.717, 1.165) is 16.5 Å². The molecule has 12 nitrogen and oxygen atoms in total. The molecule has 202 valence electrons. The first-order valence-electron chi connectivity index (χ1n) is 12.3. The predicted molar refractivity (Wildman–Crippen MR) is 142 cm³/mol. The number of carboxylic acids is 1. The second kappa shape index (κ2) is 12.1. The molecule has 13 heteroatoms. The molecule has 1 fully saturated rings. The summed E-state index contributed by atoms with van der Waals surface area (Å²) < 4.78 is 0. The molecule has 1 aromatic carbocycles. The Kier molecular flexibility index (Phi) is 8.69. The molecule has 0 aliphatic carbocycles. The number of H-pyrrole nitrogens is 2. The molecule has 4 unspecified atom stereocenters. The van der Waals surface area contributed by atoms with E-state index in [0.29, 0.717) is 25.1 Å². The largest absolute Gasteiger partial charge is 0.480 e. The number of carboxylic acid groups (broad SMARTS) is 1. The number of fused-ring (bicyclic) bond motifs is 1. The molecule has 3 aromatic rings. The number of nitrogens with one attached hydrogen (secondary N) is 4. The van der Waals surface area contributed by atoms with Gasteiger partial charge in [0.25, 0.3) is 0 Å². The van der Waals surface area contributed by atoms with E-state index in [9.17, 15) is 24.3 Å². The molecule has 0 bridgehead atoms. The highest BCUT2D eigenvalue weighted by Gasteiger charge is 2.38. The Hall–Kier alpha value is -3.84. The van der Waals surface area contributed by atoms with Crippen LogP contribution in [0.2, 0.25) is 0 Å². The lowest BCUT2D eigenvalue weighted by molar-refractivity contribution is -0.142. The fraction of sp³-hybridized carbons (Fsp3) is 0.400. The van der Waals surface area contributed by atoms with Gasteiger partial charge in [0, 0.05) is 54.1 Å². The lowest BCUT2D eigenvalue weighted by Gasteiger charge is -2.28. The molecular weight excluding hydrogens is 510 g/mol. The molecule has 2 aromatic heterocycles. The number of thiol groups is 1. The number of nitrogens with zero attached hydrogens (tertiary/aromatic N) is 2. The minimum atomic E-state index is -1.23. The van der Waals surface area contributed by atoms with Gasteiger partial charge in [0.2, 0.25) is 17.7 Å². The Labute approximate surface area is 224 Å². The first-order valence-corrected chi connectivity index (χ1v) is 12.9. The predicted octanol–water partition coefficient (Wildman–Crippen LogP) is -0.0215. The van der Waals surface area contributed by atoms with E-state index in [2.05, 4.69) is 38.2 Å². The summed E-state index contributed by atoms with van der Waals surface area (Å²) in [4.78, 5) is 62.6. The van der Waals surface area contributed by atoms with Crippen LogP contribution in [0, 0.1) is 0 Å². The van der Waals surface area contributed by atoms with E-state index in [-0.39, 0.29) is 24.5 Å². The topological polar surface area (TPSA) is 186 Å². The molecule has 3 amide bonds. The van der Waals surface area contributed by atoms with Gasteiger partial charge in [0.05, 0.1) is 12.4 Å². The summed E-state index contributed by atoms with van der Waals surface area (Å²) in [7, 11) is 0. The van der Waals surface area contributed by atoms with Crippen LogP contribution >= 0.6 is 12.6 Å². The van der Waals surface area contributed by atoms with Gasteiger partial charge in [-0.05, 0) is 24.5 Å². The molecule has 38 heavy (non-hydrogen) atoms. The van der Waals surface area contributed by atoms with E-state index < -0.39 is 42.0 Å². The van der Waals surface area contributed by atoms with Gasteiger partial charge in [-0.25, -0.2) is 9.78 Å². The van der Waals surface area contributed by atoms with Gasteiger partial charge in [-0.3, -0.25) is 14.4 Å². The van der Waals surface area contributed by atoms with Gasteiger partial charge in [-0.15, -0.1) is 0 Å². The van der Waals surface area contributed by atoms with E-state index in [1.807, 2.05) is 24.3 Å². The van der Waals surface area contributed by atoms with Gasteiger partial charge < -0.3 is 36.3 Å². The number of carbonyl (C=O) groups excluding carboxylic acids is 3. The number of likely N-dealkylation sites (tertiary alicyclic amines) is 1. The van der Waals surface area contributed by atoms with Crippen LogP contribution in [-0.4, -0.2) is 85.1 Å². The Balaban J connectivity index is 1.51. The van der Waals surface area contributed by atoms with Gasteiger partial charge in [0.1, 0.15) is 18.1 Å². The third-order valence-electron chi connectivity index (χ3n) is 6.68. The number of benzene rings is 1. The minimum absolute atomic E-state index is 0.112. The molecule has 4 atom stereocenters. The van der Waals surface area contributed by atoms with Crippen molar-refractivity contribution in [2.24, 2.45) is 5.73 Å². The summed E-state index contributed by atoms with van der Waals surface area (Å²) in [6.07, 6.45) is 6.23. The number of nitrogens with two attached hydrogens (primary N) is 1. The maximum atomic E-state index is 13.4. The van der Waals surface area contributed by atoms with Crippen molar-refractivity contribution in [2.45, 2.75) is 49.9 Å². The maximum absolute atomic E-state index is 13.4. The van der Waals surface area contributed by atoms with Crippen LogP contribution in [-0.2, 0) is 32.0 Å². The number of hydrogen-bond donors (Lipinski definition) is 7. The fourth-order valence-corrected chi connectivity index (χ4v) is 4.94. The Bertz CT molecular complexity index is 1290. The van der Waals surface area contributed by atoms with Crippen molar-refractivity contribution >= 4 is 47.2 Å². The van der Waals surface area contributed by atoms with Crippen molar-refractivity contribution in [3.05, 3.63) is 54.2 Å². The zero-order chi connectivity index (χ0) is 27.2. The summed E-state index contributed by atoms with van der Waals surface area (Å²) in [6, 6.07) is 3.56. The Morgan fingerprint density at radius 2 is 1.95 bits per heavy atom. The van der Waals surface area contributed by atoms with Crippen molar-refractivity contribution in [1.82, 2.24) is 30.5 Å². The summed E-state index contributed by atoms with van der Waals surface area (Å²) in [5.74, 6) is -2.87. The highest BCUT2D eigenvalue weighted by molar-refractivity contribution is 7.80. The normalized spacial score (nSPS) is 17.6. The first-order chi connectivity index (χ1) is 18.3. The second-order valence-corrected chi connectivity index (χ2v) is 9.65. The Morgan fingerprint density at radius 1 is 1.16 bits per heavy atom. The number of rotatable bonds is 11. The third-order valence-corrected chi connectivity index (χ3v) is 7.04. The van der Waals surface area contributed by atoms with Crippen molar-refractivity contribution in [2.75, 3.05) is 12.3 Å². The van der Waals surface area contributed by atoms with E-state index >= 15 is 0 Å². The van der Waals surface area contributed by atoms with Crippen molar-refractivity contribution in [3.8, 4) is 0 Å². The SMILES string of the molecule is NC(Cc1cnc[nH]1)C(=O)N1CCCC1C(=O)NC(Cc1c[nH]c2ccccc12)C(=O)NC(CS)C(=O)O. The van der Waals surface area contributed by atoms with Gasteiger partial charge in [-0.1, -0.05) is 18.2 Å². The van der Waals surface area contributed by atoms with Gasteiger partial charge in [-0.2, -0.15) is 12.6 Å². The zero-order valence-electron chi connectivity index (χ0n) is 20.6. The number of aromatic amines is 2. The molecule has 3 heterocycles. The number of aliphatic carboxylic acids is 1. The van der Waals surface area contributed by atoms with E-state index in [1.54, 1.807) is 12.4 Å². The van der Waals surface area contributed by atoms with Crippen LogP contribution in [0.15, 0.2) is 43.0 Å². The van der Waals surface area contributed by atoms with Crippen LogP contribution in [0.4, 0.5) is 0 Å². The average molecular weight is 542 g/mol. The van der Waals surface area contributed by atoms with Crippen LogP contribution < -0.4 is 16.4 Å². The van der Waals surface area contributed by atoms with Crippen molar-refractivity contribution in [3.63, 3.8) is 0 Å². The summed E-state index contributed by atoms with van der Waals surface area (Å²) >= 11 is 4.01. The second-order valence-electron chi connectivity index (χ2n) is 9.28. The van der Waals surface area contributed by atoms with Crippen molar-refractivity contribution < 1.29 is 24.3 Å². The highest BCUT2D eigenvalue weighted by Crippen LogP contribution is 2.21. The van der Waals surface area contributed by atoms with Crippen LogP contribution in [0.1, 0.15) is 24.1 Å². The molecule has 1 aliphatic heterocycles. The van der Waals surface area contributed by atoms with Crippen molar-refractivity contribution in [1.29, 1.82) is 0 Å². The highest BCUT2D eigenvalue weighted by atomic mass is 32.1. The fourth-order valence-electron chi connectivity index (χ4n) is 4.69. The average Bonchev–Trinajstić information content (AvgIpc) is 3.67. The van der Waals surface area contributed by atoms with Crippen LogP contribution in [0.5, 0.6) is 0 Å². The van der Waals surface area contributed by atoms with Gasteiger partial charge >= 0.3 is 5.97 Å². The molecule has 0 spiro atoms. The Morgan fingerprint density at radius 3 is 2.66 bits per heavy atom. The molecule has 0 saturated carbocycles. The third kappa shape index (κ3) is 6.17. The van der Waals surface area contributed by atoms with Crippen LogP contribution in [0.25, 0.3) is 10.9 Å². The number of amides is 3. The monoisotopic (exact) mass is 541 g/mol. The lowest BCUT2D eigenvalue weighted by atomic mass is 10.0. The smallest absolute Gasteiger partial charge is 0.327 e. The van der Waals surface area contributed by atoms with E-state index in [4.69, 9.17) is 5.73 Å². The standard InChI is InChI=1S/C25H31N7O5S/c26-17(9-15-11-27-13-29-15)24(35)32-7-3-6-21(32)23(34)30-19(22(33)31-20(12-38)25(36)37)8-14-10-28-18-5-2-1-4-16(14)18/h1-2,4-5,10-11,13,17,19-21,28,38H,3,6-9,12,26H2,(H,27,29)(H,30,34)(H,31,33)(H,36,37). The number of carbonyl (C=O) groups is 4. The number of para-hydroxylation sites is 1. The lowest BCUT2D eigenvalue weighted by Crippen LogP contribution is -2.57. The van der Waals surface area contributed by atoms with E-state index in [1.165, 1.54) is 11.2 Å². The number of aromatic nitrogens is 3. The summed E-state index contributed by atoms with van der Waals surface area (Å²) in [5.41, 5.74) is 8.49. The molecule has 0 radical (unpaired) electrons. The maximum Gasteiger partial charge on any atom is 0.327 e.